The number of nitrogens with two attached hydrogens (primary N) is 1. The van der Waals surface area contributed by atoms with E-state index in [1.54, 1.807) is 0 Å². The molecule has 8 heteroatoms. The molecule has 1 aromatic carbocycles. The van der Waals surface area contributed by atoms with E-state index in [-0.39, 0.29) is 17.8 Å². The topological polar surface area (TPSA) is 89.7 Å². The second kappa shape index (κ2) is 5.61. The van der Waals surface area contributed by atoms with Gasteiger partial charge in [0.25, 0.3) is 0 Å². The Morgan fingerprint density at radius 2 is 2.14 bits per heavy atom. The van der Waals surface area contributed by atoms with Gasteiger partial charge < -0.3 is 10.5 Å². The summed E-state index contributed by atoms with van der Waals surface area (Å²) in [5.74, 6) is -1.49. The SMILES string of the molecule is COC(=O)C1CCCN1S(=O)(=O)c1cc(N)cc(C)c1F. The summed E-state index contributed by atoms with van der Waals surface area (Å²) in [4.78, 5) is 11.2. The Balaban J connectivity index is 2.50. The van der Waals surface area contributed by atoms with Gasteiger partial charge in [-0.05, 0) is 37.5 Å². The van der Waals surface area contributed by atoms with Gasteiger partial charge in [0.1, 0.15) is 16.8 Å². The highest BCUT2D eigenvalue weighted by molar-refractivity contribution is 7.89. The van der Waals surface area contributed by atoms with Crippen LogP contribution in [0.3, 0.4) is 0 Å². The maximum atomic E-state index is 14.2. The molecule has 21 heavy (non-hydrogen) atoms. The molecule has 2 N–H and O–H groups in total. The van der Waals surface area contributed by atoms with E-state index in [4.69, 9.17) is 5.73 Å². The number of methoxy groups -OCH3 is 1. The Kier molecular flexibility index (Phi) is 4.20. The van der Waals surface area contributed by atoms with Crippen molar-refractivity contribution in [3.63, 3.8) is 0 Å². The second-order valence-corrected chi connectivity index (χ2v) is 6.81. The molecule has 1 atom stereocenters. The van der Waals surface area contributed by atoms with E-state index in [1.165, 1.54) is 20.1 Å². The summed E-state index contributed by atoms with van der Waals surface area (Å²) >= 11 is 0. The van der Waals surface area contributed by atoms with Gasteiger partial charge >= 0.3 is 5.97 Å². The largest absolute Gasteiger partial charge is 0.468 e. The van der Waals surface area contributed by atoms with Crippen LogP contribution < -0.4 is 5.73 Å². The number of ether oxygens (including phenoxy) is 1. The third kappa shape index (κ3) is 2.73. The summed E-state index contributed by atoms with van der Waals surface area (Å²) in [5.41, 5.74) is 5.90. The number of anilines is 1. The van der Waals surface area contributed by atoms with Crippen LogP contribution in [0.25, 0.3) is 0 Å². The number of carbonyl (C=O) groups excluding carboxylic acids is 1. The molecule has 1 saturated heterocycles. The number of esters is 1. The molecule has 116 valence electrons. The fourth-order valence-corrected chi connectivity index (χ4v) is 4.30. The number of hydrogen-bond donors (Lipinski definition) is 1. The van der Waals surface area contributed by atoms with Gasteiger partial charge in [-0.1, -0.05) is 0 Å². The highest BCUT2D eigenvalue weighted by Crippen LogP contribution is 2.30. The number of aryl methyl sites for hydroxylation is 1. The van der Waals surface area contributed by atoms with Gasteiger partial charge in [0.2, 0.25) is 10.0 Å². The second-order valence-electron chi connectivity index (χ2n) is 4.95. The van der Waals surface area contributed by atoms with E-state index in [0.29, 0.717) is 12.8 Å². The molecule has 1 aliphatic heterocycles. The molecule has 1 aliphatic rings. The van der Waals surface area contributed by atoms with Crippen LogP contribution in [-0.4, -0.2) is 38.4 Å². The molecular weight excluding hydrogens is 299 g/mol. The standard InChI is InChI=1S/C13H17FN2O4S/c1-8-6-9(15)7-11(12(8)14)21(18,19)16-5-3-4-10(16)13(17)20-2/h6-7,10H,3-5,15H2,1-2H3. The lowest BCUT2D eigenvalue weighted by Crippen LogP contribution is -2.41. The molecular formula is C13H17FN2O4S. The van der Waals surface area contributed by atoms with E-state index in [1.807, 2.05) is 0 Å². The first-order valence-corrected chi connectivity index (χ1v) is 7.88. The first kappa shape index (κ1) is 15.7. The van der Waals surface area contributed by atoms with Crippen LogP contribution in [-0.2, 0) is 19.6 Å². The number of carbonyl (C=O) groups is 1. The van der Waals surface area contributed by atoms with Crippen LogP contribution in [0.1, 0.15) is 18.4 Å². The van der Waals surface area contributed by atoms with Crippen LogP contribution in [0.2, 0.25) is 0 Å². The van der Waals surface area contributed by atoms with Crippen molar-refractivity contribution in [2.45, 2.75) is 30.7 Å². The fraction of sp³-hybridized carbons (Fsp3) is 0.462. The fourth-order valence-electron chi connectivity index (χ4n) is 2.48. The lowest BCUT2D eigenvalue weighted by atomic mass is 10.2. The minimum absolute atomic E-state index is 0.141. The van der Waals surface area contributed by atoms with E-state index < -0.39 is 32.7 Å². The third-order valence-corrected chi connectivity index (χ3v) is 5.41. The molecule has 0 radical (unpaired) electrons. The van der Waals surface area contributed by atoms with Crippen LogP contribution in [0.5, 0.6) is 0 Å². The predicted molar refractivity (Wildman–Crippen MR) is 74.5 cm³/mol. The zero-order chi connectivity index (χ0) is 15.8. The summed E-state index contributed by atoms with van der Waals surface area (Å²) in [7, 11) is -2.95. The van der Waals surface area contributed by atoms with Crippen molar-refractivity contribution >= 4 is 21.7 Å². The zero-order valence-corrected chi connectivity index (χ0v) is 12.6. The first-order valence-electron chi connectivity index (χ1n) is 6.44. The minimum Gasteiger partial charge on any atom is -0.468 e. The van der Waals surface area contributed by atoms with Gasteiger partial charge in [-0.2, -0.15) is 4.31 Å². The lowest BCUT2D eigenvalue weighted by Gasteiger charge is -2.22. The molecule has 1 fully saturated rings. The molecule has 1 aromatic rings. The zero-order valence-electron chi connectivity index (χ0n) is 11.8. The Labute approximate surface area is 122 Å². The molecule has 0 amide bonds. The summed E-state index contributed by atoms with van der Waals surface area (Å²) in [6.07, 6.45) is 0.872. The number of rotatable bonds is 3. The Hall–Kier alpha value is -1.67. The van der Waals surface area contributed by atoms with Crippen LogP contribution in [0.15, 0.2) is 17.0 Å². The number of nitrogen functional groups attached to an aromatic ring is 1. The summed E-state index contributed by atoms with van der Waals surface area (Å²) in [5, 5.41) is 0. The number of hydrogen-bond acceptors (Lipinski definition) is 5. The van der Waals surface area contributed by atoms with Crippen LogP contribution in [0.4, 0.5) is 10.1 Å². The molecule has 0 bridgehead atoms. The number of sulfonamides is 1. The van der Waals surface area contributed by atoms with E-state index in [9.17, 15) is 17.6 Å². The number of benzene rings is 1. The van der Waals surface area contributed by atoms with E-state index in [2.05, 4.69) is 4.74 Å². The normalized spacial score (nSPS) is 19.7. The maximum Gasteiger partial charge on any atom is 0.324 e. The first-order chi connectivity index (χ1) is 9.78. The average molecular weight is 316 g/mol. The number of halogens is 1. The van der Waals surface area contributed by atoms with Crippen LogP contribution in [0, 0.1) is 12.7 Å². The van der Waals surface area contributed by atoms with Gasteiger partial charge in [-0.3, -0.25) is 4.79 Å². The third-order valence-electron chi connectivity index (χ3n) is 3.51. The maximum absolute atomic E-state index is 14.2. The molecule has 1 heterocycles. The van der Waals surface area contributed by atoms with Crippen molar-refractivity contribution in [2.24, 2.45) is 0 Å². The molecule has 6 nitrogen and oxygen atoms in total. The van der Waals surface area contributed by atoms with Crippen molar-refractivity contribution in [3.05, 3.63) is 23.5 Å². The predicted octanol–water partition coefficient (Wildman–Crippen LogP) is 1.04. The molecule has 0 aliphatic carbocycles. The quantitative estimate of drug-likeness (QED) is 0.665. The lowest BCUT2D eigenvalue weighted by molar-refractivity contribution is -0.144. The van der Waals surface area contributed by atoms with Crippen LogP contribution >= 0.6 is 0 Å². The summed E-state index contributed by atoms with van der Waals surface area (Å²) in [6, 6.07) is 1.52. The number of nitrogens with zero attached hydrogens (tertiary/aromatic N) is 1. The van der Waals surface area contributed by atoms with E-state index >= 15 is 0 Å². The van der Waals surface area contributed by atoms with Crippen molar-refractivity contribution in [1.82, 2.24) is 4.31 Å². The Morgan fingerprint density at radius 1 is 1.48 bits per heavy atom. The van der Waals surface area contributed by atoms with Gasteiger partial charge in [-0.15, -0.1) is 0 Å². The smallest absolute Gasteiger partial charge is 0.324 e. The Bertz CT molecular complexity index is 675. The molecule has 1 unspecified atom stereocenters. The average Bonchev–Trinajstić information content (AvgIpc) is 2.91. The van der Waals surface area contributed by atoms with Crippen molar-refractivity contribution in [1.29, 1.82) is 0 Å². The monoisotopic (exact) mass is 316 g/mol. The van der Waals surface area contributed by atoms with Gasteiger partial charge in [0, 0.05) is 12.2 Å². The molecule has 0 saturated carbocycles. The highest BCUT2D eigenvalue weighted by atomic mass is 32.2. The summed E-state index contributed by atoms with van der Waals surface area (Å²) < 4.78 is 45.0. The van der Waals surface area contributed by atoms with Gasteiger partial charge in [0.15, 0.2) is 0 Å². The van der Waals surface area contributed by atoms with Crippen molar-refractivity contribution < 1.29 is 22.3 Å². The Morgan fingerprint density at radius 3 is 2.76 bits per heavy atom. The molecule has 0 spiro atoms. The van der Waals surface area contributed by atoms with Crippen molar-refractivity contribution in [2.75, 3.05) is 19.4 Å². The summed E-state index contributed by atoms with van der Waals surface area (Å²) in [6.45, 7) is 1.59. The van der Waals surface area contributed by atoms with Gasteiger partial charge in [-0.25, -0.2) is 12.8 Å². The molecule has 2 rings (SSSR count). The molecule has 0 aromatic heterocycles. The van der Waals surface area contributed by atoms with Gasteiger partial charge in [0.05, 0.1) is 7.11 Å². The minimum atomic E-state index is -4.14. The van der Waals surface area contributed by atoms with Crippen molar-refractivity contribution in [3.8, 4) is 0 Å². The van der Waals surface area contributed by atoms with E-state index in [0.717, 1.165) is 10.4 Å². The highest BCUT2D eigenvalue weighted by Gasteiger charge is 2.41.